The molecule has 0 radical (unpaired) electrons. The molecule has 0 aliphatic heterocycles. The smallest absolute Gasteiger partial charge is 0.333 e. The number of hydrogen-bond acceptors (Lipinski definition) is 4. The summed E-state index contributed by atoms with van der Waals surface area (Å²) in [5.74, 6) is 1.49. The van der Waals surface area contributed by atoms with Crippen LogP contribution in [0.5, 0.6) is 0 Å². The second-order valence-corrected chi connectivity index (χ2v) is 4.16. The molecular weight excluding hydrogens is 198 g/mol. The van der Waals surface area contributed by atoms with E-state index in [1.807, 2.05) is 6.08 Å². The van der Waals surface area contributed by atoms with Crippen molar-refractivity contribution >= 4 is 17.7 Å². The van der Waals surface area contributed by atoms with E-state index in [9.17, 15) is 4.79 Å². The van der Waals surface area contributed by atoms with Crippen molar-refractivity contribution < 1.29 is 9.53 Å². The zero-order valence-corrected chi connectivity index (χ0v) is 9.89. The third-order valence-electron chi connectivity index (χ3n) is 1.87. The van der Waals surface area contributed by atoms with E-state index in [1.54, 1.807) is 18.7 Å². The first-order valence-electron chi connectivity index (χ1n) is 4.70. The van der Waals surface area contributed by atoms with Gasteiger partial charge in [0.25, 0.3) is 0 Å². The highest BCUT2D eigenvalue weighted by Gasteiger charge is 2.02. The van der Waals surface area contributed by atoms with Crippen LogP contribution >= 0.6 is 11.8 Å². The fraction of sp³-hybridized carbons (Fsp3) is 0.700. The van der Waals surface area contributed by atoms with Crippen molar-refractivity contribution in [3.8, 4) is 0 Å². The highest BCUT2D eigenvalue weighted by Crippen LogP contribution is 2.06. The van der Waals surface area contributed by atoms with Crippen LogP contribution in [0.4, 0.5) is 0 Å². The third-order valence-corrected chi connectivity index (χ3v) is 2.94. The van der Waals surface area contributed by atoms with E-state index in [2.05, 4.69) is 11.7 Å². The lowest BCUT2D eigenvalue weighted by molar-refractivity contribution is -0.136. The van der Waals surface area contributed by atoms with Crippen molar-refractivity contribution in [3.05, 3.63) is 11.6 Å². The van der Waals surface area contributed by atoms with E-state index in [0.717, 1.165) is 17.9 Å². The SMILES string of the molecule is CCC(N)CSCC=C(C)C(=O)OC. The summed E-state index contributed by atoms with van der Waals surface area (Å²) in [4.78, 5) is 11.0. The zero-order valence-electron chi connectivity index (χ0n) is 9.08. The number of esters is 1. The van der Waals surface area contributed by atoms with Crippen molar-refractivity contribution in [1.82, 2.24) is 0 Å². The maximum Gasteiger partial charge on any atom is 0.333 e. The second kappa shape index (κ2) is 7.88. The van der Waals surface area contributed by atoms with Crippen molar-refractivity contribution in [1.29, 1.82) is 0 Å². The lowest BCUT2D eigenvalue weighted by Crippen LogP contribution is -2.21. The van der Waals surface area contributed by atoms with Crippen LogP contribution in [0.25, 0.3) is 0 Å². The standard InChI is InChI=1S/C10H19NO2S/c1-4-9(11)7-14-6-5-8(2)10(12)13-3/h5,9H,4,6-7,11H2,1-3H3. The molecule has 1 unspecified atom stereocenters. The van der Waals surface area contributed by atoms with Crippen molar-refractivity contribution in [3.63, 3.8) is 0 Å². The third kappa shape index (κ3) is 6.05. The molecule has 0 spiro atoms. The highest BCUT2D eigenvalue weighted by atomic mass is 32.2. The number of nitrogens with two attached hydrogens (primary N) is 1. The molecule has 0 fully saturated rings. The minimum Gasteiger partial charge on any atom is -0.466 e. The van der Waals surface area contributed by atoms with Gasteiger partial charge in [0.05, 0.1) is 7.11 Å². The summed E-state index contributed by atoms with van der Waals surface area (Å²) < 4.78 is 4.57. The quantitative estimate of drug-likeness (QED) is 0.417. The van der Waals surface area contributed by atoms with E-state index in [0.29, 0.717) is 5.57 Å². The maximum atomic E-state index is 11.0. The number of methoxy groups -OCH3 is 1. The van der Waals surface area contributed by atoms with Gasteiger partial charge in [-0.15, -0.1) is 0 Å². The number of ether oxygens (including phenoxy) is 1. The van der Waals surface area contributed by atoms with Gasteiger partial charge in [-0.1, -0.05) is 13.0 Å². The fourth-order valence-corrected chi connectivity index (χ4v) is 1.81. The minimum absolute atomic E-state index is 0.256. The lowest BCUT2D eigenvalue weighted by Gasteiger charge is -2.06. The summed E-state index contributed by atoms with van der Waals surface area (Å²) in [5, 5.41) is 0. The fourth-order valence-electron chi connectivity index (χ4n) is 0.766. The summed E-state index contributed by atoms with van der Waals surface area (Å²) >= 11 is 1.73. The van der Waals surface area contributed by atoms with Gasteiger partial charge in [-0.25, -0.2) is 4.79 Å². The molecule has 0 aromatic carbocycles. The maximum absolute atomic E-state index is 11.0. The summed E-state index contributed by atoms with van der Waals surface area (Å²) in [5.41, 5.74) is 6.40. The zero-order chi connectivity index (χ0) is 11.0. The van der Waals surface area contributed by atoms with E-state index in [4.69, 9.17) is 5.73 Å². The molecule has 0 bridgehead atoms. The van der Waals surface area contributed by atoms with E-state index >= 15 is 0 Å². The Balaban J connectivity index is 3.66. The molecule has 0 aromatic rings. The van der Waals surface area contributed by atoms with Gasteiger partial charge in [-0.3, -0.25) is 0 Å². The van der Waals surface area contributed by atoms with E-state index in [1.165, 1.54) is 7.11 Å². The first-order valence-corrected chi connectivity index (χ1v) is 5.85. The van der Waals surface area contributed by atoms with Crippen molar-refractivity contribution in [2.45, 2.75) is 26.3 Å². The van der Waals surface area contributed by atoms with Gasteiger partial charge in [0, 0.05) is 23.1 Å². The Bertz CT molecular complexity index is 204. The van der Waals surface area contributed by atoms with Gasteiger partial charge < -0.3 is 10.5 Å². The Hall–Kier alpha value is -0.480. The van der Waals surface area contributed by atoms with Crippen LogP contribution in [0.3, 0.4) is 0 Å². The van der Waals surface area contributed by atoms with Gasteiger partial charge in [-0.05, 0) is 13.3 Å². The number of rotatable bonds is 6. The Morgan fingerprint density at radius 3 is 2.79 bits per heavy atom. The monoisotopic (exact) mass is 217 g/mol. The second-order valence-electron chi connectivity index (χ2n) is 3.08. The van der Waals surface area contributed by atoms with Gasteiger partial charge in [0.1, 0.15) is 0 Å². The molecular formula is C10H19NO2S. The van der Waals surface area contributed by atoms with Crippen LogP contribution in [0.2, 0.25) is 0 Å². The Kier molecular flexibility index (Phi) is 7.61. The summed E-state index contributed by atoms with van der Waals surface area (Å²) in [7, 11) is 1.39. The minimum atomic E-state index is -0.259. The first kappa shape index (κ1) is 13.5. The molecule has 14 heavy (non-hydrogen) atoms. The Morgan fingerprint density at radius 2 is 2.29 bits per heavy atom. The van der Waals surface area contributed by atoms with Crippen LogP contribution in [0.1, 0.15) is 20.3 Å². The molecule has 0 aromatic heterocycles. The average Bonchev–Trinajstić information content (AvgIpc) is 2.22. The van der Waals surface area contributed by atoms with Crippen molar-refractivity contribution in [2.75, 3.05) is 18.6 Å². The topological polar surface area (TPSA) is 52.3 Å². The number of thioether (sulfide) groups is 1. The van der Waals surface area contributed by atoms with Gasteiger partial charge in [0.15, 0.2) is 0 Å². The average molecular weight is 217 g/mol. The summed E-state index contributed by atoms with van der Waals surface area (Å²) in [6.07, 6.45) is 2.87. The molecule has 0 saturated heterocycles. The Morgan fingerprint density at radius 1 is 1.64 bits per heavy atom. The molecule has 0 saturated carbocycles. The molecule has 82 valence electrons. The molecule has 3 nitrogen and oxygen atoms in total. The normalized spacial score (nSPS) is 13.9. The predicted octanol–water partition coefficient (Wildman–Crippen LogP) is 1.58. The molecule has 2 N–H and O–H groups in total. The lowest BCUT2D eigenvalue weighted by atomic mass is 10.3. The molecule has 0 aliphatic rings. The molecule has 0 aliphatic carbocycles. The van der Waals surface area contributed by atoms with Gasteiger partial charge in [-0.2, -0.15) is 11.8 Å². The highest BCUT2D eigenvalue weighted by molar-refractivity contribution is 7.99. The molecule has 0 rings (SSSR count). The Labute approximate surface area is 90.1 Å². The molecule has 1 atom stereocenters. The van der Waals surface area contributed by atoms with E-state index in [-0.39, 0.29) is 12.0 Å². The predicted molar refractivity (Wildman–Crippen MR) is 61.4 cm³/mol. The van der Waals surface area contributed by atoms with E-state index < -0.39 is 0 Å². The van der Waals surface area contributed by atoms with Crippen LogP contribution in [0.15, 0.2) is 11.6 Å². The largest absolute Gasteiger partial charge is 0.466 e. The van der Waals surface area contributed by atoms with Crippen LogP contribution in [-0.2, 0) is 9.53 Å². The summed E-state index contributed by atoms with van der Waals surface area (Å²) in [6.45, 7) is 3.83. The molecule has 0 amide bonds. The van der Waals surface area contributed by atoms with Gasteiger partial charge in [0.2, 0.25) is 0 Å². The number of carbonyl (C=O) groups is 1. The van der Waals surface area contributed by atoms with Crippen LogP contribution < -0.4 is 5.73 Å². The first-order chi connectivity index (χ1) is 6.61. The van der Waals surface area contributed by atoms with Crippen LogP contribution in [0, 0.1) is 0 Å². The number of hydrogen-bond donors (Lipinski definition) is 1. The van der Waals surface area contributed by atoms with Crippen LogP contribution in [-0.4, -0.2) is 30.6 Å². The molecule has 4 heteroatoms. The number of carbonyl (C=O) groups excluding carboxylic acids is 1. The molecule has 0 heterocycles. The summed E-state index contributed by atoms with van der Waals surface area (Å²) in [6, 6.07) is 0.256. The van der Waals surface area contributed by atoms with Gasteiger partial charge >= 0.3 is 5.97 Å². The van der Waals surface area contributed by atoms with Crippen molar-refractivity contribution in [2.24, 2.45) is 5.73 Å².